The van der Waals surface area contributed by atoms with Crippen LogP contribution < -0.4 is 14.9 Å². The van der Waals surface area contributed by atoms with Crippen molar-refractivity contribution < 1.29 is 24.0 Å². The summed E-state index contributed by atoms with van der Waals surface area (Å²) in [4.78, 5) is 38.6. The maximum Gasteiger partial charge on any atom is 0.343 e. The molecule has 0 atom stereocenters. The van der Waals surface area contributed by atoms with Crippen molar-refractivity contribution in [2.45, 2.75) is 6.92 Å². The molecule has 3 aromatic rings. The van der Waals surface area contributed by atoms with Gasteiger partial charge in [-0.1, -0.05) is 6.07 Å². The maximum atomic E-state index is 12.4. The number of nitrogens with zero attached hydrogens (tertiary/aromatic N) is 3. The van der Waals surface area contributed by atoms with E-state index >= 15 is 0 Å². The number of benzene rings is 2. The number of carbonyl (C=O) groups excluding carboxylic acids is 2. The van der Waals surface area contributed by atoms with Gasteiger partial charge < -0.3 is 9.47 Å². The van der Waals surface area contributed by atoms with E-state index in [1.807, 2.05) is 0 Å². The zero-order valence-corrected chi connectivity index (χ0v) is 16.9. The molecule has 0 unspecified atom stereocenters. The molecule has 1 aromatic heterocycles. The SMILES string of the molecule is CCOc1cc(/C=N/NC(=O)c2ccncc2)ccc1OC(=O)c1cccc([N+](=O)[O-])c1. The first kappa shape index (κ1) is 22.1. The molecule has 0 aliphatic heterocycles. The first-order valence-corrected chi connectivity index (χ1v) is 9.45. The number of carbonyl (C=O) groups is 2. The molecule has 0 bridgehead atoms. The highest BCUT2D eigenvalue weighted by Gasteiger charge is 2.16. The standard InChI is InChI=1S/C22H18N4O6/c1-2-31-20-12-15(14-24-25-21(27)16-8-10-23-11-9-16)6-7-19(20)32-22(28)17-4-3-5-18(13-17)26(29)30/h3-14H,2H2,1H3,(H,25,27)/b24-14+. The van der Waals surface area contributed by atoms with Crippen LogP contribution >= 0.6 is 0 Å². The minimum Gasteiger partial charge on any atom is -0.490 e. The quantitative estimate of drug-likeness (QED) is 0.189. The van der Waals surface area contributed by atoms with Crippen molar-refractivity contribution in [2.24, 2.45) is 5.10 Å². The monoisotopic (exact) mass is 434 g/mol. The van der Waals surface area contributed by atoms with Gasteiger partial charge in [-0.15, -0.1) is 0 Å². The fraction of sp³-hybridized carbons (Fsp3) is 0.0909. The zero-order chi connectivity index (χ0) is 22.9. The van der Waals surface area contributed by atoms with Crippen molar-refractivity contribution in [1.29, 1.82) is 0 Å². The molecule has 1 amide bonds. The number of hydrogen-bond acceptors (Lipinski definition) is 8. The summed E-state index contributed by atoms with van der Waals surface area (Å²) in [5.74, 6) is -0.742. The summed E-state index contributed by atoms with van der Waals surface area (Å²) in [6.45, 7) is 2.07. The summed E-state index contributed by atoms with van der Waals surface area (Å²) in [5.41, 5.74) is 3.21. The van der Waals surface area contributed by atoms with Gasteiger partial charge in [0.15, 0.2) is 11.5 Å². The van der Waals surface area contributed by atoms with Gasteiger partial charge in [0, 0.05) is 30.1 Å². The molecular weight excluding hydrogens is 416 g/mol. The predicted octanol–water partition coefficient (Wildman–Crippen LogP) is 3.37. The Bertz CT molecular complexity index is 1160. The van der Waals surface area contributed by atoms with Crippen molar-refractivity contribution in [1.82, 2.24) is 10.4 Å². The van der Waals surface area contributed by atoms with E-state index in [0.717, 1.165) is 6.07 Å². The van der Waals surface area contributed by atoms with E-state index in [4.69, 9.17) is 9.47 Å². The van der Waals surface area contributed by atoms with Gasteiger partial charge in [0.05, 0.1) is 23.3 Å². The molecule has 0 saturated carbocycles. The smallest absolute Gasteiger partial charge is 0.343 e. The molecule has 1 N–H and O–H groups in total. The third-order valence-corrected chi connectivity index (χ3v) is 4.09. The number of aromatic nitrogens is 1. The van der Waals surface area contributed by atoms with E-state index in [1.165, 1.54) is 42.9 Å². The number of ether oxygens (including phenoxy) is 2. The Morgan fingerprint density at radius 1 is 1.09 bits per heavy atom. The molecule has 32 heavy (non-hydrogen) atoms. The number of nitrogens with one attached hydrogen (secondary N) is 1. The van der Waals surface area contributed by atoms with Gasteiger partial charge in [-0.2, -0.15) is 5.10 Å². The predicted molar refractivity (Wildman–Crippen MR) is 115 cm³/mol. The van der Waals surface area contributed by atoms with Crippen molar-refractivity contribution in [2.75, 3.05) is 6.61 Å². The number of nitro groups is 1. The number of hydrazone groups is 1. The number of amides is 1. The summed E-state index contributed by atoms with van der Waals surface area (Å²) in [7, 11) is 0. The van der Waals surface area contributed by atoms with Crippen LogP contribution in [-0.2, 0) is 0 Å². The molecule has 2 aromatic carbocycles. The van der Waals surface area contributed by atoms with Crippen molar-refractivity contribution in [3.63, 3.8) is 0 Å². The number of esters is 1. The van der Waals surface area contributed by atoms with Gasteiger partial charge in [0.2, 0.25) is 0 Å². The van der Waals surface area contributed by atoms with E-state index in [1.54, 1.807) is 31.2 Å². The van der Waals surface area contributed by atoms with Gasteiger partial charge in [0.1, 0.15) is 0 Å². The Labute approximate surface area is 182 Å². The largest absolute Gasteiger partial charge is 0.490 e. The van der Waals surface area contributed by atoms with Crippen LogP contribution in [0.2, 0.25) is 0 Å². The Morgan fingerprint density at radius 3 is 2.59 bits per heavy atom. The molecule has 0 radical (unpaired) electrons. The van der Waals surface area contributed by atoms with Crippen LogP contribution in [0.3, 0.4) is 0 Å². The van der Waals surface area contributed by atoms with Gasteiger partial charge in [0.25, 0.3) is 11.6 Å². The summed E-state index contributed by atoms with van der Waals surface area (Å²) in [5, 5.41) is 14.8. The molecule has 3 rings (SSSR count). The van der Waals surface area contributed by atoms with Crippen LogP contribution in [0.1, 0.15) is 33.2 Å². The maximum absolute atomic E-state index is 12.4. The summed E-state index contributed by atoms with van der Waals surface area (Å²) < 4.78 is 10.9. The minimum atomic E-state index is -0.763. The Morgan fingerprint density at radius 2 is 1.88 bits per heavy atom. The topological polar surface area (TPSA) is 133 Å². The second-order valence-electron chi connectivity index (χ2n) is 6.27. The van der Waals surface area contributed by atoms with Crippen LogP contribution in [0.25, 0.3) is 0 Å². The van der Waals surface area contributed by atoms with Gasteiger partial charge in [-0.3, -0.25) is 19.9 Å². The van der Waals surface area contributed by atoms with Crippen molar-refractivity contribution in [3.05, 3.63) is 93.8 Å². The number of nitro benzene ring substituents is 1. The first-order chi connectivity index (χ1) is 15.5. The minimum absolute atomic E-state index is 0.0334. The van der Waals surface area contributed by atoms with E-state index in [0.29, 0.717) is 17.7 Å². The van der Waals surface area contributed by atoms with E-state index in [-0.39, 0.29) is 22.7 Å². The molecule has 0 aliphatic carbocycles. The van der Waals surface area contributed by atoms with E-state index in [2.05, 4.69) is 15.5 Å². The highest BCUT2D eigenvalue weighted by Crippen LogP contribution is 2.29. The fourth-order valence-electron chi connectivity index (χ4n) is 2.60. The second kappa shape index (κ2) is 10.4. The Kier molecular flexibility index (Phi) is 7.20. The lowest BCUT2D eigenvalue weighted by molar-refractivity contribution is -0.384. The number of hydrogen-bond donors (Lipinski definition) is 1. The van der Waals surface area contributed by atoms with Crippen LogP contribution in [-0.4, -0.2) is 34.6 Å². The molecule has 0 fully saturated rings. The number of rotatable bonds is 8. The number of pyridine rings is 1. The first-order valence-electron chi connectivity index (χ1n) is 9.45. The molecule has 1 heterocycles. The lowest BCUT2D eigenvalue weighted by Gasteiger charge is -2.11. The average molecular weight is 434 g/mol. The third kappa shape index (κ3) is 5.72. The van der Waals surface area contributed by atoms with Gasteiger partial charge in [-0.05, 0) is 48.9 Å². The molecule has 0 aliphatic rings. The third-order valence-electron chi connectivity index (χ3n) is 4.09. The van der Waals surface area contributed by atoms with Crippen LogP contribution in [0.15, 0.2) is 72.1 Å². The van der Waals surface area contributed by atoms with Crippen molar-refractivity contribution in [3.8, 4) is 11.5 Å². The molecule has 10 heteroatoms. The van der Waals surface area contributed by atoms with Gasteiger partial charge >= 0.3 is 5.97 Å². The van der Waals surface area contributed by atoms with E-state index < -0.39 is 16.8 Å². The summed E-state index contributed by atoms with van der Waals surface area (Å²) in [6.07, 6.45) is 4.41. The number of non-ortho nitro benzene ring substituents is 1. The molecule has 162 valence electrons. The second-order valence-corrected chi connectivity index (χ2v) is 6.27. The van der Waals surface area contributed by atoms with Gasteiger partial charge in [-0.25, -0.2) is 10.2 Å². The summed E-state index contributed by atoms with van der Waals surface area (Å²) >= 11 is 0. The highest BCUT2D eigenvalue weighted by atomic mass is 16.6. The lowest BCUT2D eigenvalue weighted by atomic mass is 10.2. The average Bonchev–Trinajstić information content (AvgIpc) is 2.81. The molecule has 10 nitrogen and oxygen atoms in total. The van der Waals surface area contributed by atoms with E-state index in [9.17, 15) is 19.7 Å². The fourth-order valence-corrected chi connectivity index (χ4v) is 2.60. The summed E-state index contributed by atoms with van der Waals surface area (Å²) in [6, 6.07) is 13.1. The Hall–Kier alpha value is -4.60. The molecule has 0 saturated heterocycles. The Balaban J connectivity index is 1.72. The van der Waals surface area contributed by atoms with Crippen LogP contribution in [0, 0.1) is 10.1 Å². The molecule has 0 spiro atoms. The lowest BCUT2D eigenvalue weighted by Crippen LogP contribution is -2.17. The highest BCUT2D eigenvalue weighted by molar-refractivity contribution is 5.95. The molecular formula is C22H18N4O6. The zero-order valence-electron chi connectivity index (χ0n) is 16.9. The van der Waals surface area contributed by atoms with Crippen LogP contribution in [0.4, 0.5) is 5.69 Å². The normalized spacial score (nSPS) is 10.5. The van der Waals surface area contributed by atoms with Crippen molar-refractivity contribution >= 4 is 23.8 Å². The van der Waals surface area contributed by atoms with Crippen LogP contribution in [0.5, 0.6) is 11.5 Å².